The molecule has 0 aromatic heterocycles. The number of sulfonamides is 1. The lowest BCUT2D eigenvalue weighted by Gasteiger charge is -2.16. The molecule has 0 spiro atoms. The highest BCUT2D eigenvalue weighted by atomic mass is 32.2. The average molecular weight is 302 g/mol. The van der Waals surface area contributed by atoms with Gasteiger partial charge in [0.2, 0.25) is 10.0 Å². The first-order valence-electron chi connectivity index (χ1n) is 5.58. The fraction of sp³-hybridized carbons (Fsp3) is 0.364. The number of rotatable bonds is 3. The topological polar surface area (TPSA) is 104 Å². The van der Waals surface area contributed by atoms with Crippen LogP contribution in [0.15, 0.2) is 29.2 Å². The molecule has 1 aromatic rings. The molecule has 1 aliphatic heterocycles. The van der Waals surface area contributed by atoms with E-state index in [-0.39, 0.29) is 23.0 Å². The molecule has 1 aromatic carbocycles. The molecular formula is C11H14N2O4S2. The van der Waals surface area contributed by atoms with Crippen molar-refractivity contribution in [3.8, 4) is 0 Å². The van der Waals surface area contributed by atoms with E-state index in [2.05, 4.69) is 0 Å². The van der Waals surface area contributed by atoms with Crippen LogP contribution >= 0.6 is 12.2 Å². The molecule has 1 fully saturated rings. The zero-order valence-electron chi connectivity index (χ0n) is 9.93. The summed E-state index contributed by atoms with van der Waals surface area (Å²) in [7, 11) is -3.76. The molecule has 104 valence electrons. The van der Waals surface area contributed by atoms with Crippen molar-refractivity contribution < 1.29 is 18.6 Å². The van der Waals surface area contributed by atoms with Crippen molar-refractivity contribution in [3.05, 3.63) is 29.8 Å². The van der Waals surface area contributed by atoms with E-state index in [9.17, 15) is 18.6 Å². The normalized spacial score (nSPS) is 24.5. The summed E-state index contributed by atoms with van der Waals surface area (Å²) in [5, 5.41) is 18.8. The Kier molecular flexibility index (Phi) is 3.88. The van der Waals surface area contributed by atoms with Crippen molar-refractivity contribution in [2.75, 3.05) is 13.1 Å². The van der Waals surface area contributed by atoms with Crippen LogP contribution in [-0.2, 0) is 10.0 Å². The minimum atomic E-state index is -3.76. The van der Waals surface area contributed by atoms with E-state index in [0.717, 1.165) is 4.31 Å². The second-order valence-corrected chi connectivity index (χ2v) is 6.73. The second kappa shape index (κ2) is 5.14. The number of thiocarbonyl (C=S) groups is 1. The molecule has 2 atom stereocenters. The highest BCUT2D eigenvalue weighted by molar-refractivity contribution is 7.89. The van der Waals surface area contributed by atoms with Crippen molar-refractivity contribution in [3.63, 3.8) is 0 Å². The number of aliphatic hydroxyl groups is 2. The molecule has 0 aliphatic carbocycles. The predicted molar refractivity (Wildman–Crippen MR) is 73.1 cm³/mol. The summed E-state index contributed by atoms with van der Waals surface area (Å²) in [4.78, 5) is 0.151. The Morgan fingerprint density at radius 2 is 1.89 bits per heavy atom. The summed E-state index contributed by atoms with van der Waals surface area (Å²) < 4.78 is 25.7. The first kappa shape index (κ1) is 14.4. The predicted octanol–water partition coefficient (Wildman–Crippen LogP) is -0.953. The van der Waals surface area contributed by atoms with Gasteiger partial charge in [0, 0.05) is 18.7 Å². The summed E-state index contributed by atoms with van der Waals surface area (Å²) in [6.07, 6.45) is -2.12. The Hall–Kier alpha value is -1.06. The van der Waals surface area contributed by atoms with Gasteiger partial charge < -0.3 is 15.9 Å². The number of aliphatic hydroxyl groups excluding tert-OH is 2. The van der Waals surface area contributed by atoms with E-state index in [4.69, 9.17) is 18.0 Å². The second-order valence-electron chi connectivity index (χ2n) is 4.35. The molecule has 0 saturated carbocycles. The van der Waals surface area contributed by atoms with Gasteiger partial charge in [-0.05, 0) is 12.1 Å². The van der Waals surface area contributed by atoms with Gasteiger partial charge in [-0.3, -0.25) is 0 Å². The first-order chi connectivity index (χ1) is 8.82. The molecular weight excluding hydrogens is 288 g/mol. The molecule has 8 heteroatoms. The molecule has 6 nitrogen and oxygen atoms in total. The highest BCUT2D eigenvalue weighted by Gasteiger charge is 2.37. The van der Waals surface area contributed by atoms with E-state index in [1.165, 1.54) is 12.1 Å². The quantitative estimate of drug-likeness (QED) is 0.622. The number of nitrogens with zero attached hydrogens (tertiary/aromatic N) is 1. The fourth-order valence-corrected chi connectivity index (χ4v) is 3.54. The zero-order valence-corrected chi connectivity index (χ0v) is 11.6. The third-order valence-corrected chi connectivity index (χ3v) is 5.05. The Balaban J connectivity index is 2.35. The number of hydrogen-bond acceptors (Lipinski definition) is 5. The smallest absolute Gasteiger partial charge is 0.243 e. The SMILES string of the molecule is NC(=S)c1cccc(S(=O)(=O)N2CC(O)C(O)C2)c1. The van der Waals surface area contributed by atoms with E-state index in [1.54, 1.807) is 12.1 Å². The molecule has 1 heterocycles. The van der Waals surface area contributed by atoms with E-state index in [1.807, 2.05) is 0 Å². The van der Waals surface area contributed by atoms with Gasteiger partial charge in [-0.1, -0.05) is 24.4 Å². The Morgan fingerprint density at radius 3 is 2.42 bits per heavy atom. The van der Waals surface area contributed by atoms with E-state index >= 15 is 0 Å². The van der Waals surface area contributed by atoms with Crippen LogP contribution in [0.1, 0.15) is 5.56 Å². The lowest BCUT2D eigenvalue weighted by atomic mass is 10.2. The number of nitrogens with two attached hydrogens (primary N) is 1. The van der Waals surface area contributed by atoms with Gasteiger partial charge in [0.25, 0.3) is 0 Å². The maximum atomic E-state index is 12.3. The maximum absolute atomic E-state index is 12.3. The van der Waals surface area contributed by atoms with Crippen molar-refractivity contribution in [1.29, 1.82) is 0 Å². The van der Waals surface area contributed by atoms with Gasteiger partial charge in [-0.15, -0.1) is 0 Å². The van der Waals surface area contributed by atoms with Crippen LogP contribution in [0.2, 0.25) is 0 Å². The van der Waals surface area contributed by atoms with Crippen molar-refractivity contribution in [2.45, 2.75) is 17.1 Å². The minimum Gasteiger partial charge on any atom is -0.389 e. The summed E-state index contributed by atoms with van der Waals surface area (Å²) in [6.45, 7) is -0.248. The maximum Gasteiger partial charge on any atom is 0.243 e. The molecule has 2 rings (SSSR count). The standard InChI is InChI=1S/C11H14N2O4S2/c12-11(18)7-2-1-3-8(4-7)19(16,17)13-5-9(14)10(15)6-13/h1-4,9-10,14-15H,5-6H2,(H2,12,18). The van der Waals surface area contributed by atoms with Gasteiger partial charge >= 0.3 is 0 Å². The lowest BCUT2D eigenvalue weighted by Crippen LogP contribution is -2.30. The molecule has 1 aliphatic rings. The van der Waals surface area contributed by atoms with E-state index < -0.39 is 22.2 Å². The third kappa shape index (κ3) is 2.77. The Morgan fingerprint density at radius 1 is 1.32 bits per heavy atom. The monoisotopic (exact) mass is 302 g/mol. The first-order valence-corrected chi connectivity index (χ1v) is 7.43. The molecule has 1 saturated heterocycles. The van der Waals surface area contributed by atoms with Crippen molar-refractivity contribution >= 4 is 27.2 Å². The summed E-state index contributed by atoms with van der Waals surface area (Å²) in [5.41, 5.74) is 5.92. The van der Waals surface area contributed by atoms with Crippen LogP contribution < -0.4 is 5.73 Å². The third-order valence-electron chi connectivity index (χ3n) is 2.98. The molecule has 2 unspecified atom stereocenters. The van der Waals surface area contributed by atoms with Gasteiger partial charge in [0.15, 0.2) is 0 Å². The largest absolute Gasteiger partial charge is 0.389 e. The summed E-state index contributed by atoms with van der Waals surface area (Å²) in [5.74, 6) is 0. The summed E-state index contributed by atoms with van der Waals surface area (Å²) >= 11 is 4.81. The number of hydrogen-bond donors (Lipinski definition) is 3. The minimum absolute atomic E-state index is 0.0408. The Bertz CT molecular complexity index is 592. The average Bonchev–Trinajstić information content (AvgIpc) is 2.70. The van der Waals surface area contributed by atoms with Crippen molar-refractivity contribution in [1.82, 2.24) is 4.31 Å². The van der Waals surface area contributed by atoms with Crippen molar-refractivity contribution in [2.24, 2.45) is 5.73 Å². The molecule has 0 bridgehead atoms. The Labute approximate surface area is 116 Å². The van der Waals surface area contributed by atoms with Crippen LogP contribution in [0.5, 0.6) is 0 Å². The van der Waals surface area contributed by atoms with E-state index in [0.29, 0.717) is 5.56 Å². The number of benzene rings is 1. The van der Waals surface area contributed by atoms with Crippen LogP contribution in [0.3, 0.4) is 0 Å². The van der Waals surface area contributed by atoms with Gasteiger partial charge in [0.1, 0.15) is 4.99 Å². The van der Waals surface area contributed by atoms with Crippen LogP contribution in [-0.4, -0.2) is 53.2 Å². The fourth-order valence-electron chi connectivity index (χ4n) is 1.89. The highest BCUT2D eigenvalue weighted by Crippen LogP contribution is 2.22. The molecule has 0 radical (unpaired) electrons. The van der Waals surface area contributed by atoms with Gasteiger partial charge in [-0.25, -0.2) is 8.42 Å². The van der Waals surface area contributed by atoms with Crippen LogP contribution in [0.25, 0.3) is 0 Å². The van der Waals surface area contributed by atoms with Crippen LogP contribution in [0, 0.1) is 0 Å². The number of β-amino-alcohol motifs (C(OH)–C–C–N with tert-alkyl or cyclic N) is 2. The van der Waals surface area contributed by atoms with Crippen LogP contribution in [0.4, 0.5) is 0 Å². The zero-order chi connectivity index (χ0) is 14.2. The lowest BCUT2D eigenvalue weighted by molar-refractivity contribution is 0.0572. The van der Waals surface area contributed by atoms with Gasteiger partial charge in [-0.2, -0.15) is 4.31 Å². The summed E-state index contributed by atoms with van der Waals surface area (Å²) in [6, 6.07) is 5.97. The molecule has 4 N–H and O–H groups in total. The van der Waals surface area contributed by atoms with Gasteiger partial charge in [0.05, 0.1) is 17.1 Å². The molecule has 19 heavy (non-hydrogen) atoms. The molecule has 0 amide bonds.